The molecule has 1 N–H and O–H groups in total. The molecule has 2 aromatic rings. The minimum atomic E-state index is 0.0158. The molecule has 1 aromatic heterocycles. The third kappa shape index (κ3) is 4.79. The van der Waals surface area contributed by atoms with Crippen molar-refractivity contribution < 1.29 is 9.53 Å². The summed E-state index contributed by atoms with van der Waals surface area (Å²) in [5, 5.41) is 2.97. The van der Waals surface area contributed by atoms with Crippen molar-refractivity contribution in [3.05, 3.63) is 58.2 Å². The van der Waals surface area contributed by atoms with Crippen LogP contribution in [0.4, 0.5) is 5.82 Å². The summed E-state index contributed by atoms with van der Waals surface area (Å²) in [6.07, 6.45) is 2.18. The molecule has 0 atom stereocenters. The number of rotatable bonds is 5. The summed E-state index contributed by atoms with van der Waals surface area (Å²) >= 11 is 3.39. The van der Waals surface area contributed by atoms with Gasteiger partial charge in [0.15, 0.2) is 0 Å². The molecule has 0 radical (unpaired) electrons. The highest BCUT2D eigenvalue weighted by molar-refractivity contribution is 9.10. The Morgan fingerprint density at radius 1 is 1.17 bits per heavy atom. The number of pyridine rings is 1. The van der Waals surface area contributed by atoms with Crippen molar-refractivity contribution in [1.29, 1.82) is 0 Å². The number of hydrogen-bond donors (Lipinski definition) is 1. The summed E-state index contributed by atoms with van der Waals surface area (Å²) in [6.45, 7) is 3.68. The number of ether oxygens (including phenoxy) is 1. The molecule has 3 rings (SSSR count). The number of nitrogens with zero attached hydrogens (tertiary/aromatic N) is 2. The van der Waals surface area contributed by atoms with Crippen LogP contribution in [0.3, 0.4) is 0 Å². The zero-order valence-electron chi connectivity index (χ0n) is 13.4. The van der Waals surface area contributed by atoms with Crippen LogP contribution in [-0.2, 0) is 22.5 Å². The molecular weight excluding hydrogens is 370 g/mol. The van der Waals surface area contributed by atoms with Crippen molar-refractivity contribution in [3.63, 3.8) is 0 Å². The monoisotopic (exact) mass is 389 g/mol. The Morgan fingerprint density at radius 2 is 1.92 bits per heavy atom. The van der Waals surface area contributed by atoms with Crippen molar-refractivity contribution in [3.8, 4) is 0 Å². The van der Waals surface area contributed by atoms with Crippen LogP contribution in [0, 0.1) is 0 Å². The largest absolute Gasteiger partial charge is 0.378 e. The van der Waals surface area contributed by atoms with E-state index in [1.807, 2.05) is 36.4 Å². The van der Waals surface area contributed by atoms with Gasteiger partial charge in [0.25, 0.3) is 0 Å². The third-order valence-corrected chi connectivity index (χ3v) is 4.44. The number of halogens is 1. The van der Waals surface area contributed by atoms with Gasteiger partial charge in [0.2, 0.25) is 5.91 Å². The van der Waals surface area contributed by atoms with Gasteiger partial charge >= 0.3 is 0 Å². The summed E-state index contributed by atoms with van der Waals surface area (Å²) in [4.78, 5) is 18.7. The quantitative estimate of drug-likeness (QED) is 0.853. The van der Waals surface area contributed by atoms with Gasteiger partial charge in [-0.2, -0.15) is 0 Å². The molecule has 0 aliphatic carbocycles. The van der Waals surface area contributed by atoms with Crippen LogP contribution >= 0.6 is 15.9 Å². The van der Waals surface area contributed by atoms with Gasteiger partial charge in [0.1, 0.15) is 5.82 Å². The highest BCUT2D eigenvalue weighted by Gasteiger charge is 2.12. The minimum absolute atomic E-state index is 0.0158. The fraction of sp³-hybridized carbons (Fsp3) is 0.333. The van der Waals surface area contributed by atoms with E-state index < -0.39 is 0 Å². The Morgan fingerprint density at radius 3 is 2.67 bits per heavy atom. The van der Waals surface area contributed by atoms with Gasteiger partial charge in [-0.15, -0.1) is 0 Å². The van der Waals surface area contributed by atoms with Crippen molar-refractivity contribution in [2.45, 2.75) is 13.0 Å². The summed E-state index contributed by atoms with van der Waals surface area (Å²) in [5.74, 6) is 0.958. The second-order valence-corrected chi connectivity index (χ2v) is 6.62. The average molecular weight is 390 g/mol. The topological polar surface area (TPSA) is 54.5 Å². The van der Waals surface area contributed by atoms with Crippen molar-refractivity contribution in [2.24, 2.45) is 0 Å². The Bertz CT molecular complexity index is 685. The van der Waals surface area contributed by atoms with Crippen LogP contribution < -0.4 is 10.2 Å². The van der Waals surface area contributed by atoms with Crippen LogP contribution in [0.25, 0.3) is 0 Å². The summed E-state index contributed by atoms with van der Waals surface area (Å²) in [6, 6.07) is 11.8. The molecule has 2 heterocycles. The highest BCUT2D eigenvalue weighted by Crippen LogP contribution is 2.14. The Balaban J connectivity index is 1.54. The van der Waals surface area contributed by atoms with E-state index in [9.17, 15) is 4.79 Å². The molecule has 1 fully saturated rings. The molecule has 0 spiro atoms. The van der Waals surface area contributed by atoms with E-state index in [1.54, 1.807) is 6.20 Å². The van der Waals surface area contributed by atoms with Gasteiger partial charge in [-0.25, -0.2) is 4.98 Å². The highest BCUT2D eigenvalue weighted by atomic mass is 79.9. The van der Waals surface area contributed by atoms with E-state index in [0.717, 1.165) is 47.7 Å². The first-order valence-electron chi connectivity index (χ1n) is 7.99. The van der Waals surface area contributed by atoms with E-state index in [4.69, 9.17) is 4.74 Å². The molecule has 126 valence electrons. The summed E-state index contributed by atoms with van der Waals surface area (Å²) in [7, 11) is 0. The molecule has 24 heavy (non-hydrogen) atoms. The molecule has 1 aromatic carbocycles. The van der Waals surface area contributed by atoms with Crippen LogP contribution in [0.1, 0.15) is 11.1 Å². The minimum Gasteiger partial charge on any atom is -0.378 e. The second-order valence-electron chi connectivity index (χ2n) is 5.70. The van der Waals surface area contributed by atoms with Crippen LogP contribution in [0.5, 0.6) is 0 Å². The van der Waals surface area contributed by atoms with E-state index in [2.05, 4.69) is 31.1 Å². The molecule has 1 saturated heterocycles. The molecule has 0 bridgehead atoms. The summed E-state index contributed by atoms with van der Waals surface area (Å²) < 4.78 is 6.38. The fourth-order valence-corrected chi connectivity index (χ4v) is 2.85. The number of carbonyl (C=O) groups excluding carboxylic acids is 1. The zero-order valence-corrected chi connectivity index (χ0v) is 15.0. The molecule has 5 nitrogen and oxygen atoms in total. The Hall–Kier alpha value is -1.92. The van der Waals surface area contributed by atoms with Crippen molar-refractivity contribution in [2.75, 3.05) is 31.2 Å². The standard InChI is InChI=1S/C18H20BrN3O2/c19-16-3-1-14(2-4-16)12-18(23)21-13-15-5-6-20-17(11-15)22-7-9-24-10-8-22/h1-6,11H,7-10,12-13H2,(H,21,23). The average Bonchev–Trinajstić information content (AvgIpc) is 2.63. The maximum atomic E-state index is 12.1. The fourth-order valence-electron chi connectivity index (χ4n) is 2.59. The lowest BCUT2D eigenvalue weighted by Crippen LogP contribution is -2.36. The van der Waals surface area contributed by atoms with Crippen molar-refractivity contribution >= 4 is 27.7 Å². The van der Waals surface area contributed by atoms with E-state index in [-0.39, 0.29) is 5.91 Å². The maximum Gasteiger partial charge on any atom is 0.224 e. The van der Waals surface area contributed by atoms with Crippen LogP contribution in [-0.4, -0.2) is 37.2 Å². The predicted octanol–water partition coefficient (Wildman–Crippen LogP) is 2.54. The molecule has 6 heteroatoms. The number of carbonyl (C=O) groups is 1. The lowest BCUT2D eigenvalue weighted by molar-refractivity contribution is -0.120. The van der Waals surface area contributed by atoms with E-state index in [1.165, 1.54) is 0 Å². The first-order valence-corrected chi connectivity index (χ1v) is 8.79. The smallest absolute Gasteiger partial charge is 0.224 e. The van der Waals surface area contributed by atoms with Crippen molar-refractivity contribution in [1.82, 2.24) is 10.3 Å². The normalized spacial score (nSPS) is 14.5. The lowest BCUT2D eigenvalue weighted by atomic mass is 10.1. The van der Waals surface area contributed by atoms with Crippen LogP contribution in [0.2, 0.25) is 0 Å². The zero-order chi connectivity index (χ0) is 16.8. The van der Waals surface area contributed by atoms with E-state index in [0.29, 0.717) is 13.0 Å². The molecule has 0 saturated carbocycles. The Labute approximate surface area is 150 Å². The van der Waals surface area contributed by atoms with Gasteiger partial charge < -0.3 is 15.0 Å². The van der Waals surface area contributed by atoms with Crippen LogP contribution in [0.15, 0.2) is 47.1 Å². The molecule has 0 unspecified atom stereocenters. The van der Waals surface area contributed by atoms with Gasteiger partial charge in [-0.1, -0.05) is 28.1 Å². The SMILES string of the molecule is O=C(Cc1ccc(Br)cc1)NCc1ccnc(N2CCOCC2)c1. The van der Waals surface area contributed by atoms with Gasteiger partial charge in [0, 0.05) is 30.3 Å². The van der Waals surface area contributed by atoms with E-state index >= 15 is 0 Å². The molecule has 1 aliphatic rings. The third-order valence-electron chi connectivity index (χ3n) is 3.91. The lowest BCUT2D eigenvalue weighted by Gasteiger charge is -2.28. The number of anilines is 1. The summed E-state index contributed by atoms with van der Waals surface area (Å²) in [5.41, 5.74) is 2.05. The Kier molecular flexibility index (Phi) is 5.82. The first kappa shape index (κ1) is 16.9. The van der Waals surface area contributed by atoms with Gasteiger partial charge in [-0.05, 0) is 35.4 Å². The molecular formula is C18H20BrN3O2. The molecule has 1 aliphatic heterocycles. The number of benzene rings is 1. The van der Waals surface area contributed by atoms with Gasteiger partial charge in [0.05, 0.1) is 19.6 Å². The number of nitrogens with one attached hydrogen (secondary N) is 1. The predicted molar refractivity (Wildman–Crippen MR) is 97.0 cm³/mol. The number of morpholine rings is 1. The second kappa shape index (κ2) is 8.26. The van der Waals surface area contributed by atoms with Gasteiger partial charge in [-0.3, -0.25) is 4.79 Å². The first-order chi connectivity index (χ1) is 11.7. The maximum absolute atomic E-state index is 12.1. The number of hydrogen-bond acceptors (Lipinski definition) is 4. The number of amides is 1. The molecule has 1 amide bonds. The number of aromatic nitrogens is 1.